The minimum absolute atomic E-state index is 0.110. The molecule has 1 unspecified atom stereocenters. The zero-order valence-corrected chi connectivity index (χ0v) is 16.8. The first-order valence-corrected chi connectivity index (χ1v) is 10.1. The van der Waals surface area contributed by atoms with Gasteiger partial charge in [-0.05, 0) is 35.7 Å². The number of nitrogens with zero attached hydrogens (tertiary/aromatic N) is 3. The highest BCUT2D eigenvalue weighted by Crippen LogP contribution is 2.41. The van der Waals surface area contributed by atoms with Gasteiger partial charge in [0.2, 0.25) is 0 Å². The summed E-state index contributed by atoms with van der Waals surface area (Å²) in [5.41, 5.74) is 6.60. The van der Waals surface area contributed by atoms with Gasteiger partial charge in [-0.15, -0.1) is 0 Å². The third-order valence-electron chi connectivity index (χ3n) is 5.41. The average molecular weight is 398 g/mol. The Morgan fingerprint density at radius 3 is 2.17 bits per heavy atom. The molecule has 0 radical (unpaired) electrons. The van der Waals surface area contributed by atoms with Gasteiger partial charge in [-0.25, -0.2) is 9.67 Å². The second-order valence-corrected chi connectivity index (χ2v) is 7.73. The van der Waals surface area contributed by atoms with E-state index in [1.54, 1.807) is 0 Å². The summed E-state index contributed by atoms with van der Waals surface area (Å²) in [4.78, 5) is 5.10. The molecule has 0 saturated heterocycles. The van der Waals surface area contributed by atoms with Gasteiger partial charge < -0.3 is 0 Å². The van der Waals surface area contributed by atoms with E-state index in [9.17, 15) is 0 Å². The maximum Gasteiger partial charge on any atom is 0.159 e. The van der Waals surface area contributed by atoms with E-state index in [2.05, 4.69) is 60.1 Å². The number of fused-ring (bicyclic) bond motifs is 1. The monoisotopic (exact) mass is 397 g/mol. The van der Waals surface area contributed by atoms with Gasteiger partial charge in [-0.1, -0.05) is 84.4 Å². The fourth-order valence-electron chi connectivity index (χ4n) is 4.00. The van der Waals surface area contributed by atoms with Crippen LogP contribution < -0.4 is 0 Å². The van der Waals surface area contributed by atoms with E-state index in [4.69, 9.17) is 21.7 Å². The average Bonchev–Trinajstić information content (AvgIpc) is 3.10. The molecule has 0 N–H and O–H groups in total. The van der Waals surface area contributed by atoms with Crippen LogP contribution in [0, 0.1) is 6.92 Å². The first-order valence-electron chi connectivity index (χ1n) is 9.73. The van der Waals surface area contributed by atoms with Gasteiger partial charge in [0, 0.05) is 17.0 Å². The Balaban J connectivity index is 1.72. The SMILES string of the molecule is Cc1nn2c(c1-c1ccc(Cl)cc1)N=C(c1ccccc1)CC2c1ccccc1. The number of hydrogen-bond acceptors (Lipinski definition) is 2. The number of benzene rings is 3. The van der Waals surface area contributed by atoms with Gasteiger partial charge in [0.15, 0.2) is 5.82 Å². The highest BCUT2D eigenvalue weighted by Gasteiger charge is 2.29. The molecule has 142 valence electrons. The number of rotatable bonds is 3. The number of hydrogen-bond donors (Lipinski definition) is 0. The molecule has 0 aliphatic carbocycles. The molecule has 0 spiro atoms. The molecule has 2 heterocycles. The molecule has 3 aromatic carbocycles. The van der Waals surface area contributed by atoms with Crippen LogP contribution in [0.2, 0.25) is 5.02 Å². The van der Waals surface area contributed by atoms with Gasteiger partial charge in [0.05, 0.1) is 17.4 Å². The van der Waals surface area contributed by atoms with Crippen molar-refractivity contribution in [3.05, 3.63) is 107 Å². The fourth-order valence-corrected chi connectivity index (χ4v) is 4.13. The van der Waals surface area contributed by atoms with Crippen molar-refractivity contribution in [2.45, 2.75) is 19.4 Å². The summed E-state index contributed by atoms with van der Waals surface area (Å²) in [6, 6.07) is 29.0. The second kappa shape index (κ2) is 7.34. The smallest absolute Gasteiger partial charge is 0.159 e. The Kier molecular flexibility index (Phi) is 4.53. The maximum absolute atomic E-state index is 6.11. The number of aromatic nitrogens is 2. The Morgan fingerprint density at radius 1 is 0.828 bits per heavy atom. The molecule has 0 amide bonds. The van der Waals surface area contributed by atoms with Crippen LogP contribution in [-0.2, 0) is 0 Å². The van der Waals surface area contributed by atoms with Crippen molar-refractivity contribution >= 4 is 23.1 Å². The van der Waals surface area contributed by atoms with E-state index in [-0.39, 0.29) is 6.04 Å². The normalized spacial score (nSPS) is 15.7. The standard InChI is InChI=1S/C25H20ClN3/c1-17-24(20-12-14-21(26)15-13-20)25-27-22(18-8-4-2-5-9-18)16-23(29(25)28-17)19-10-6-3-7-11-19/h2-15,23H,16H2,1H3. The summed E-state index contributed by atoms with van der Waals surface area (Å²) in [7, 11) is 0. The van der Waals surface area contributed by atoms with Crippen LogP contribution in [0.5, 0.6) is 0 Å². The number of halogens is 1. The van der Waals surface area contributed by atoms with E-state index < -0.39 is 0 Å². The lowest BCUT2D eigenvalue weighted by atomic mass is 9.95. The van der Waals surface area contributed by atoms with Crippen LogP contribution in [0.4, 0.5) is 5.82 Å². The van der Waals surface area contributed by atoms with Crippen molar-refractivity contribution in [2.24, 2.45) is 4.99 Å². The lowest BCUT2D eigenvalue weighted by Gasteiger charge is -2.25. The highest BCUT2D eigenvalue weighted by molar-refractivity contribution is 6.30. The summed E-state index contributed by atoms with van der Waals surface area (Å²) in [6.07, 6.45) is 0.808. The molecular formula is C25H20ClN3. The molecule has 0 saturated carbocycles. The fraction of sp³-hybridized carbons (Fsp3) is 0.120. The van der Waals surface area contributed by atoms with Crippen LogP contribution in [0.15, 0.2) is 89.9 Å². The molecule has 4 heteroatoms. The van der Waals surface area contributed by atoms with E-state index in [0.29, 0.717) is 0 Å². The molecule has 0 fully saturated rings. The minimum Gasteiger partial charge on any atom is -0.239 e. The highest BCUT2D eigenvalue weighted by atomic mass is 35.5. The zero-order valence-electron chi connectivity index (χ0n) is 16.1. The third-order valence-corrected chi connectivity index (χ3v) is 5.66. The molecule has 29 heavy (non-hydrogen) atoms. The third kappa shape index (κ3) is 3.28. The first-order chi connectivity index (χ1) is 14.2. The van der Waals surface area contributed by atoms with Gasteiger partial charge in [-0.3, -0.25) is 0 Å². The largest absolute Gasteiger partial charge is 0.239 e. The Hall–Kier alpha value is -3.17. The van der Waals surface area contributed by atoms with Crippen LogP contribution in [0.1, 0.15) is 29.3 Å². The first kappa shape index (κ1) is 17.9. The Morgan fingerprint density at radius 2 is 1.48 bits per heavy atom. The van der Waals surface area contributed by atoms with E-state index in [1.807, 2.05) is 36.4 Å². The van der Waals surface area contributed by atoms with Crippen molar-refractivity contribution < 1.29 is 0 Å². The van der Waals surface area contributed by atoms with Crippen LogP contribution in [0.25, 0.3) is 11.1 Å². The van der Waals surface area contributed by atoms with Crippen LogP contribution >= 0.6 is 11.6 Å². The Labute approximate surface area is 175 Å². The lowest BCUT2D eigenvalue weighted by molar-refractivity contribution is 0.529. The Bertz CT molecular complexity index is 1180. The van der Waals surface area contributed by atoms with Crippen LogP contribution in [-0.4, -0.2) is 15.5 Å². The van der Waals surface area contributed by atoms with Crippen molar-refractivity contribution in [2.75, 3.05) is 0 Å². The van der Waals surface area contributed by atoms with Gasteiger partial charge in [0.25, 0.3) is 0 Å². The van der Waals surface area contributed by atoms with Gasteiger partial charge in [-0.2, -0.15) is 5.10 Å². The van der Waals surface area contributed by atoms with Crippen molar-refractivity contribution in [3.8, 4) is 11.1 Å². The number of aryl methyl sites for hydroxylation is 1. The van der Waals surface area contributed by atoms with Gasteiger partial charge in [0.1, 0.15) is 0 Å². The zero-order chi connectivity index (χ0) is 19.8. The van der Waals surface area contributed by atoms with Crippen molar-refractivity contribution in [1.82, 2.24) is 9.78 Å². The maximum atomic E-state index is 6.11. The van der Waals surface area contributed by atoms with Crippen molar-refractivity contribution in [1.29, 1.82) is 0 Å². The lowest BCUT2D eigenvalue weighted by Crippen LogP contribution is -2.21. The van der Waals surface area contributed by atoms with Crippen LogP contribution in [0.3, 0.4) is 0 Å². The van der Waals surface area contributed by atoms with E-state index >= 15 is 0 Å². The molecule has 3 nitrogen and oxygen atoms in total. The molecule has 5 rings (SSSR count). The summed E-state index contributed by atoms with van der Waals surface area (Å²) < 4.78 is 2.08. The minimum atomic E-state index is 0.110. The molecule has 1 atom stereocenters. The predicted octanol–water partition coefficient (Wildman–Crippen LogP) is 6.63. The molecule has 1 aromatic heterocycles. The van der Waals surface area contributed by atoms with E-state index in [1.165, 1.54) is 5.56 Å². The quantitative estimate of drug-likeness (QED) is 0.381. The summed E-state index contributed by atoms with van der Waals surface area (Å²) >= 11 is 6.11. The van der Waals surface area contributed by atoms with Crippen molar-refractivity contribution in [3.63, 3.8) is 0 Å². The molecule has 1 aliphatic rings. The van der Waals surface area contributed by atoms with E-state index in [0.717, 1.165) is 45.4 Å². The topological polar surface area (TPSA) is 30.2 Å². The molecule has 4 aromatic rings. The van der Waals surface area contributed by atoms with Gasteiger partial charge >= 0.3 is 0 Å². The predicted molar refractivity (Wildman–Crippen MR) is 119 cm³/mol. The second-order valence-electron chi connectivity index (χ2n) is 7.29. The summed E-state index contributed by atoms with van der Waals surface area (Å²) in [6.45, 7) is 2.05. The summed E-state index contributed by atoms with van der Waals surface area (Å²) in [5.74, 6) is 0.906. The summed E-state index contributed by atoms with van der Waals surface area (Å²) in [5, 5.41) is 5.64. The molecular weight excluding hydrogens is 378 g/mol. The number of aliphatic imine (C=N–C) groups is 1. The molecule has 1 aliphatic heterocycles. The molecule has 0 bridgehead atoms.